The van der Waals surface area contributed by atoms with Crippen LogP contribution in [0, 0.1) is 0 Å². The highest BCUT2D eigenvalue weighted by Crippen LogP contribution is 2.39. The summed E-state index contributed by atoms with van der Waals surface area (Å²) in [6.07, 6.45) is -8.41. The van der Waals surface area contributed by atoms with Crippen LogP contribution in [0.2, 0.25) is 0 Å². The van der Waals surface area contributed by atoms with E-state index < -0.39 is 23.5 Å². The Bertz CT molecular complexity index is 715. The highest BCUT2D eigenvalue weighted by Gasteiger charge is 2.33. The molecule has 23 heavy (non-hydrogen) atoms. The van der Waals surface area contributed by atoms with Crippen LogP contribution in [0.4, 0.5) is 32.0 Å². The fourth-order valence-corrected chi connectivity index (χ4v) is 2.63. The summed E-state index contributed by atoms with van der Waals surface area (Å²) in [6.45, 7) is 0. The molecule has 2 aromatic rings. The maximum atomic E-state index is 12.7. The number of benzene rings is 2. The van der Waals surface area contributed by atoms with Crippen molar-refractivity contribution in [1.82, 2.24) is 0 Å². The van der Waals surface area contributed by atoms with Gasteiger partial charge in [-0.15, -0.1) is 0 Å². The van der Waals surface area contributed by atoms with Crippen LogP contribution in [0.3, 0.4) is 0 Å². The van der Waals surface area contributed by atoms with Crippen LogP contribution >= 0.6 is 0 Å². The Labute approximate surface area is 127 Å². The summed E-state index contributed by atoms with van der Waals surface area (Å²) in [5.74, 6) is 0. The first-order valence-electron chi connectivity index (χ1n) is 6.78. The Hall–Kier alpha value is -2.18. The van der Waals surface area contributed by atoms with E-state index in [1.807, 2.05) is 0 Å². The van der Waals surface area contributed by atoms with Gasteiger partial charge in [-0.1, -0.05) is 18.2 Å². The molecule has 0 saturated carbocycles. The summed E-state index contributed by atoms with van der Waals surface area (Å²) in [6, 6.07) is 7.73. The number of hydrogen-bond donors (Lipinski definition) is 1. The number of halogens is 6. The second kappa shape index (κ2) is 5.18. The normalized spacial score (nSPS) is 17.7. The second-order valence-corrected chi connectivity index (χ2v) is 5.39. The quantitative estimate of drug-likeness (QED) is 0.687. The molecule has 1 unspecified atom stereocenters. The summed E-state index contributed by atoms with van der Waals surface area (Å²) >= 11 is 0. The van der Waals surface area contributed by atoms with Gasteiger partial charge in [0.2, 0.25) is 0 Å². The van der Waals surface area contributed by atoms with E-state index in [0.717, 1.165) is 24.3 Å². The number of anilines is 1. The van der Waals surface area contributed by atoms with Crippen molar-refractivity contribution in [3.05, 3.63) is 64.7 Å². The van der Waals surface area contributed by atoms with E-state index in [9.17, 15) is 26.3 Å². The molecule has 7 heteroatoms. The van der Waals surface area contributed by atoms with E-state index >= 15 is 0 Å². The van der Waals surface area contributed by atoms with E-state index in [2.05, 4.69) is 5.32 Å². The van der Waals surface area contributed by atoms with Gasteiger partial charge in [-0.2, -0.15) is 26.3 Å². The minimum absolute atomic E-state index is 0.337. The highest BCUT2D eigenvalue weighted by atomic mass is 19.4. The van der Waals surface area contributed by atoms with Gasteiger partial charge < -0.3 is 5.32 Å². The maximum absolute atomic E-state index is 12.7. The fourth-order valence-electron chi connectivity index (χ4n) is 2.63. The molecule has 0 spiro atoms. The molecule has 1 aliphatic heterocycles. The summed E-state index contributed by atoms with van der Waals surface area (Å²) < 4.78 is 75.7. The van der Waals surface area contributed by atoms with Crippen molar-refractivity contribution in [3.8, 4) is 0 Å². The molecule has 0 radical (unpaired) electrons. The summed E-state index contributed by atoms with van der Waals surface area (Å²) in [5.41, 5.74) is 0.170. The largest absolute Gasteiger partial charge is 0.416 e. The van der Waals surface area contributed by atoms with Crippen LogP contribution in [-0.2, 0) is 18.8 Å². The van der Waals surface area contributed by atoms with E-state index in [4.69, 9.17) is 0 Å². The number of rotatable bonds is 1. The first-order valence-corrected chi connectivity index (χ1v) is 6.78. The van der Waals surface area contributed by atoms with Crippen molar-refractivity contribution in [2.45, 2.75) is 24.8 Å². The molecule has 3 rings (SSSR count). The Morgan fingerprint density at radius 3 is 1.91 bits per heavy atom. The third-order valence-corrected chi connectivity index (χ3v) is 3.83. The lowest BCUT2D eigenvalue weighted by atomic mass is 10.0. The number of nitrogens with one attached hydrogen (secondary N) is 1. The van der Waals surface area contributed by atoms with Gasteiger partial charge in [-0.25, -0.2) is 0 Å². The van der Waals surface area contributed by atoms with Crippen LogP contribution in [0.15, 0.2) is 42.5 Å². The monoisotopic (exact) mass is 331 g/mol. The van der Waals surface area contributed by atoms with Gasteiger partial charge in [0.15, 0.2) is 0 Å². The minimum atomic E-state index is -4.43. The molecular weight excluding hydrogens is 320 g/mol. The predicted molar refractivity (Wildman–Crippen MR) is 73.0 cm³/mol. The zero-order valence-electron chi connectivity index (χ0n) is 11.6. The van der Waals surface area contributed by atoms with Gasteiger partial charge >= 0.3 is 12.4 Å². The molecule has 0 saturated heterocycles. The molecule has 0 aliphatic carbocycles. The first-order chi connectivity index (χ1) is 10.6. The number of fused-ring (bicyclic) bond motifs is 1. The van der Waals surface area contributed by atoms with Gasteiger partial charge in [0.05, 0.1) is 17.2 Å². The average Bonchev–Trinajstić information content (AvgIpc) is 2.88. The van der Waals surface area contributed by atoms with E-state index in [1.165, 1.54) is 18.2 Å². The van der Waals surface area contributed by atoms with E-state index in [1.54, 1.807) is 0 Å². The van der Waals surface area contributed by atoms with Crippen LogP contribution in [0.1, 0.15) is 28.3 Å². The molecule has 122 valence electrons. The molecule has 1 aliphatic rings. The van der Waals surface area contributed by atoms with E-state index in [-0.39, 0.29) is 6.04 Å². The lowest BCUT2D eigenvalue weighted by Crippen LogP contribution is -2.08. The van der Waals surface area contributed by atoms with Gasteiger partial charge in [-0.05, 0) is 41.8 Å². The average molecular weight is 331 g/mol. The van der Waals surface area contributed by atoms with Gasteiger partial charge in [0.25, 0.3) is 0 Å². The summed E-state index contributed by atoms with van der Waals surface area (Å²) in [5, 5.41) is 2.94. The maximum Gasteiger partial charge on any atom is 0.416 e. The topological polar surface area (TPSA) is 12.0 Å². The minimum Gasteiger partial charge on any atom is -0.378 e. The van der Waals surface area contributed by atoms with Gasteiger partial charge in [0, 0.05) is 5.69 Å². The zero-order chi connectivity index (χ0) is 16.8. The smallest absolute Gasteiger partial charge is 0.378 e. The third-order valence-electron chi connectivity index (χ3n) is 3.83. The lowest BCUT2D eigenvalue weighted by molar-refractivity contribution is -0.138. The lowest BCUT2D eigenvalue weighted by Gasteiger charge is -2.13. The van der Waals surface area contributed by atoms with Crippen LogP contribution in [0.25, 0.3) is 0 Å². The second-order valence-electron chi connectivity index (χ2n) is 5.39. The molecule has 0 fully saturated rings. The summed E-state index contributed by atoms with van der Waals surface area (Å²) in [7, 11) is 0. The Morgan fingerprint density at radius 2 is 1.35 bits per heavy atom. The number of hydrogen-bond acceptors (Lipinski definition) is 1. The van der Waals surface area contributed by atoms with Crippen molar-refractivity contribution >= 4 is 5.69 Å². The number of alkyl halides is 6. The van der Waals surface area contributed by atoms with Crippen LogP contribution < -0.4 is 5.32 Å². The van der Waals surface area contributed by atoms with Crippen molar-refractivity contribution in [2.24, 2.45) is 0 Å². The third kappa shape index (κ3) is 3.13. The molecule has 1 heterocycles. The van der Waals surface area contributed by atoms with Crippen molar-refractivity contribution in [2.75, 3.05) is 5.32 Å². The summed E-state index contributed by atoms with van der Waals surface area (Å²) in [4.78, 5) is 0. The standard InChI is InChI=1S/C16H11F6N/c17-15(18,19)11-4-1-9(2-5-11)13-7-10-3-6-12(16(20,21)22)8-14(10)23-13/h1-6,8,13,23H,7H2. The SMILES string of the molecule is FC(F)(F)c1ccc(C2Cc3ccc(C(F)(F)F)cc3N2)cc1. The Kier molecular flexibility index (Phi) is 3.54. The van der Waals surface area contributed by atoms with E-state index in [0.29, 0.717) is 23.2 Å². The first kappa shape index (κ1) is 15.7. The Morgan fingerprint density at radius 1 is 0.783 bits per heavy atom. The molecule has 1 atom stereocenters. The zero-order valence-corrected chi connectivity index (χ0v) is 11.6. The molecular formula is C16H11F6N. The molecule has 1 N–H and O–H groups in total. The van der Waals surface area contributed by atoms with Crippen molar-refractivity contribution < 1.29 is 26.3 Å². The van der Waals surface area contributed by atoms with Gasteiger partial charge in [-0.3, -0.25) is 0 Å². The van der Waals surface area contributed by atoms with Crippen molar-refractivity contribution in [1.29, 1.82) is 0 Å². The fraction of sp³-hybridized carbons (Fsp3) is 0.250. The van der Waals surface area contributed by atoms with Gasteiger partial charge in [0.1, 0.15) is 0 Å². The predicted octanol–water partition coefficient (Wildman–Crippen LogP) is 5.43. The molecule has 2 aromatic carbocycles. The van der Waals surface area contributed by atoms with Crippen LogP contribution in [0.5, 0.6) is 0 Å². The van der Waals surface area contributed by atoms with Crippen LogP contribution in [-0.4, -0.2) is 0 Å². The molecule has 0 aromatic heterocycles. The molecule has 0 bridgehead atoms. The molecule has 1 nitrogen and oxygen atoms in total. The van der Waals surface area contributed by atoms with Crippen molar-refractivity contribution in [3.63, 3.8) is 0 Å². The Balaban J connectivity index is 1.82. The molecule has 0 amide bonds. The highest BCUT2D eigenvalue weighted by molar-refractivity contribution is 5.60.